The van der Waals surface area contributed by atoms with Crippen LogP contribution in [-0.4, -0.2) is 72.7 Å². The lowest BCUT2D eigenvalue weighted by Gasteiger charge is -2.33. The summed E-state index contributed by atoms with van der Waals surface area (Å²) in [5, 5.41) is 5.91. The molecule has 162 valence electrons. The third-order valence-electron chi connectivity index (χ3n) is 5.62. The van der Waals surface area contributed by atoms with Crippen molar-refractivity contribution in [1.82, 2.24) is 15.1 Å². The summed E-state index contributed by atoms with van der Waals surface area (Å²) >= 11 is 0. The number of carbonyl (C=O) groups excluding carboxylic acids is 3. The number of ketones is 1. The third kappa shape index (κ3) is 5.99. The number of nitrogens with zero attached hydrogens (tertiary/aromatic N) is 2. The summed E-state index contributed by atoms with van der Waals surface area (Å²) in [6.07, 6.45) is 2.18. The van der Waals surface area contributed by atoms with E-state index in [9.17, 15) is 14.4 Å². The van der Waals surface area contributed by atoms with Crippen LogP contribution >= 0.6 is 0 Å². The van der Waals surface area contributed by atoms with Crippen molar-refractivity contribution in [3.8, 4) is 0 Å². The molecule has 1 aliphatic heterocycles. The molecule has 1 aliphatic carbocycles. The van der Waals surface area contributed by atoms with E-state index in [-0.39, 0.29) is 24.1 Å². The second kappa shape index (κ2) is 9.85. The highest BCUT2D eigenvalue weighted by molar-refractivity contribution is 6.13. The van der Waals surface area contributed by atoms with E-state index in [0.717, 1.165) is 39.0 Å². The lowest BCUT2D eigenvalue weighted by molar-refractivity contribution is -0.123. The molecule has 31 heavy (non-hydrogen) atoms. The molecule has 2 aliphatic rings. The number of amides is 2. The lowest BCUT2D eigenvalue weighted by Crippen LogP contribution is -2.51. The highest BCUT2D eigenvalue weighted by Gasteiger charge is 2.26. The SMILES string of the molecule is O=C(CN1CCN(CC(=O)NC2CC2)CC1)Nc1ccccc1C(=O)c1ccccc1. The van der Waals surface area contributed by atoms with Crippen molar-refractivity contribution in [3.05, 3.63) is 65.7 Å². The van der Waals surface area contributed by atoms with Gasteiger partial charge >= 0.3 is 0 Å². The van der Waals surface area contributed by atoms with Crippen LogP contribution in [0.2, 0.25) is 0 Å². The highest BCUT2D eigenvalue weighted by Crippen LogP contribution is 2.20. The molecule has 1 saturated carbocycles. The number of hydrogen-bond acceptors (Lipinski definition) is 5. The van der Waals surface area contributed by atoms with Gasteiger partial charge in [0.1, 0.15) is 0 Å². The first-order valence-electron chi connectivity index (χ1n) is 10.8. The third-order valence-corrected chi connectivity index (χ3v) is 5.62. The van der Waals surface area contributed by atoms with Crippen LogP contribution in [0.3, 0.4) is 0 Å². The monoisotopic (exact) mass is 420 g/mol. The Balaban J connectivity index is 1.28. The van der Waals surface area contributed by atoms with Gasteiger partial charge < -0.3 is 10.6 Å². The van der Waals surface area contributed by atoms with E-state index >= 15 is 0 Å². The van der Waals surface area contributed by atoms with Crippen molar-refractivity contribution in [3.63, 3.8) is 0 Å². The fourth-order valence-electron chi connectivity index (χ4n) is 3.74. The maximum atomic E-state index is 12.8. The fraction of sp³-hybridized carbons (Fsp3) is 0.375. The van der Waals surface area contributed by atoms with Crippen molar-refractivity contribution in [1.29, 1.82) is 0 Å². The number of benzene rings is 2. The zero-order valence-electron chi connectivity index (χ0n) is 17.5. The van der Waals surface area contributed by atoms with Crippen molar-refractivity contribution in [2.75, 3.05) is 44.6 Å². The number of piperazine rings is 1. The molecule has 0 atom stereocenters. The zero-order chi connectivity index (χ0) is 21.6. The van der Waals surface area contributed by atoms with Gasteiger partial charge in [0.15, 0.2) is 5.78 Å². The smallest absolute Gasteiger partial charge is 0.238 e. The fourth-order valence-corrected chi connectivity index (χ4v) is 3.74. The topological polar surface area (TPSA) is 81.8 Å². The normalized spacial score (nSPS) is 17.2. The minimum Gasteiger partial charge on any atom is -0.352 e. The van der Waals surface area contributed by atoms with Gasteiger partial charge in [-0.3, -0.25) is 24.2 Å². The molecular weight excluding hydrogens is 392 g/mol. The van der Waals surface area contributed by atoms with Crippen LogP contribution in [0.15, 0.2) is 54.6 Å². The summed E-state index contributed by atoms with van der Waals surface area (Å²) < 4.78 is 0. The van der Waals surface area contributed by atoms with E-state index in [2.05, 4.69) is 20.4 Å². The average molecular weight is 421 g/mol. The first-order valence-corrected chi connectivity index (χ1v) is 10.8. The van der Waals surface area contributed by atoms with Crippen LogP contribution in [0.1, 0.15) is 28.8 Å². The van der Waals surface area contributed by atoms with Crippen LogP contribution in [0.5, 0.6) is 0 Å². The molecule has 2 aromatic rings. The van der Waals surface area contributed by atoms with Gasteiger partial charge in [-0.05, 0) is 25.0 Å². The first kappa shape index (κ1) is 21.2. The Morgan fingerprint density at radius 1 is 0.774 bits per heavy atom. The van der Waals surface area contributed by atoms with E-state index in [4.69, 9.17) is 0 Å². The summed E-state index contributed by atoms with van der Waals surface area (Å²) in [6.45, 7) is 3.66. The largest absolute Gasteiger partial charge is 0.352 e. The second-order valence-electron chi connectivity index (χ2n) is 8.18. The zero-order valence-corrected chi connectivity index (χ0v) is 17.5. The minimum absolute atomic E-state index is 0.0911. The molecule has 1 saturated heterocycles. The van der Waals surface area contributed by atoms with Gasteiger partial charge in [0.2, 0.25) is 11.8 Å². The summed E-state index contributed by atoms with van der Waals surface area (Å²) in [6, 6.07) is 16.5. The molecule has 2 amide bonds. The van der Waals surface area contributed by atoms with Gasteiger partial charge in [0, 0.05) is 43.3 Å². The molecule has 1 heterocycles. The van der Waals surface area contributed by atoms with Crippen molar-refractivity contribution in [2.24, 2.45) is 0 Å². The van der Waals surface area contributed by atoms with Crippen molar-refractivity contribution in [2.45, 2.75) is 18.9 Å². The molecule has 2 fully saturated rings. The Morgan fingerprint density at radius 3 is 2.00 bits per heavy atom. The van der Waals surface area contributed by atoms with Gasteiger partial charge in [-0.2, -0.15) is 0 Å². The molecular formula is C24H28N4O3. The highest BCUT2D eigenvalue weighted by atomic mass is 16.2. The first-order chi connectivity index (χ1) is 15.1. The maximum absolute atomic E-state index is 12.8. The Morgan fingerprint density at radius 2 is 1.35 bits per heavy atom. The summed E-state index contributed by atoms with van der Waals surface area (Å²) in [5.41, 5.74) is 1.59. The second-order valence-corrected chi connectivity index (χ2v) is 8.18. The standard InChI is InChI=1S/C24H28N4O3/c29-22(25-19-10-11-19)16-27-12-14-28(15-13-27)17-23(30)26-21-9-5-4-8-20(21)24(31)18-6-2-1-3-7-18/h1-9,19H,10-17H2,(H,25,29)(H,26,30). The molecule has 7 nitrogen and oxygen atoms in total. The summed E-state index contributed by atoms with van der Waals surface area (Å²) in [4.78, 5) is 41.6. The van der Waals surface area contributed by atoms with Crippen LogP contribution in [0.25, 0.3) is 0 Å². The van der Waals surface area contributed by atoms with Crippen molar-refractivity contribution >= 4 is 23.3 Å². The molecule has 0 aromatic heterocycles. The average Bonchev–Trinajstić information content (AvgIpc) is 3.59. The number of para-hydroxylation sites is 1. The molecule has 0 spiro atoms. The molecule has 0 bridgehead atoms. The molecule has 7 heteroatoms. The van der Waals surface area contributed by atoms with Gasteiger partial charge in [-0.25, -0.2) is 0 Å². The van der Waals surface area contributed by atoms with E-state index in [1.165, 1.54) is 0 Å². The number of nitrogens with one attached hydrogen (secondary N) is 2. The van der Waals surface area contributed by atoms with E-state index in [0.29, 0.717) is 29.4 Å². The Kier molecular flexibility index (Phi) is 6.74. The van der Waals surface area contributed by atoms with Crippen LogP contribution in [-0.2, 0) is 9.59 Å². The van der Waals surface area contributed by atoms with Gasteiger partial charge in [-0.15, -0.1) is 0 Å². The summed E-state index contributed by atoms with van der Waals surface area (Å²) in [5.74, 6) is -0.170. The van der Waals surface area contributed by atoms with Gasteiger partial charge in [-0.1, -0.05) is 42.5 Å². The Labute approximate surface area is 182 Å². The minimum atomic E-state index is -0.145. The number of anilines is 1. The summed E-state index contributed by atoms with van der Waals surface area (Å²) in [7, 11) is 0. The van der Waals surface area contributed by atoms with E-state index < -0.39 is 0 Å². The molecule has 4 rings (SSSR count). The number of hydrogen-bond donors (Lipinski definition) is 2. The van der Waals surface area contributed by atoms with Gasteiger partial charge in [0.25, 0.3) is 0 Å². The Hall–Kier alpha value is -3.03. The maximum Gasteiger partial charge on any atom is 0.238 e. The lowest BCUT2D eigenvalue weighted by atomic mass is 10.0. The number of rotatable bonds is 8. The molecule has 2 aromatic carbocycles. The van der Waals surface area contributed by atoms with Crippen molar-refractivity contribution < 1.29 is 14.4 Å². The van der Waals surface area contributed by atoms with Crippen LogP contribution in [0.4, 0.5) is 5.69 Å². The number of carbonyl (C=O) groups is 3. The van der Waals surface area contributed by atoms with E-state index in [1.54, 1.807) is 30.3 Å². The molecule has 0 unspecified atom stereocenters. The van der Waals surface area contributed by atoms with Gasteiger partial charge in [0.05, 0.1) is 18.8 Å². The van der Waals surface area contributed by atoms with E-state index in [1.807, 2.05) is 24.3 Å². The molecule has 2 N–H and O–H groups in total. The molecule has 0 radical (unpaired) electrons. The predicted octanol–water partition coefficient (Wildman–Crippen LogP) is 1.75. The predicted molar refractivity (Wildman–Crippen MR) is 119 cm³/mol. The van der Waals surface area contributed by atoms with Crippen LogP contribution < -0.4 is 10.6 Å². The quantitative estimate of drug-likeness (QED) is 0.636. The Bertz CT molecular complexity index is 935. The van der Waals surface area contributed by atoms with Crippen LogP contribution in [0, 0.1) is 0 Å².